The van der Waals surface area contributed by atoms with E-state index in [2.05, 4.69) is 23.6 Å². The Morgan fingerprint density at radius 2 is 1.78 bits per heavy atom. The van der Waals surface area contributed by atoms with Crippen LogP contribution in [0.4, 0.5) is 0 Å². The van der Waals surface area contributed by atoms with Gasteiger partial charge in [-0.1, -0.05) is 32.6 Å². The van der Waals surface area contributed by atoms with Crippen LogP contribution >= 0.6 is 11.8 Å². The number of methoxy groups -OCH3 is 1. The van der Waals surface area contributed by atoms with Crippen LogP contribution in [0.2, 0.25) is 0 Å². The van der Waals surface area contributed by atoms with Crippen molar-refractivity contribution in [1.82, 2.24) is 4.90 Å². The second-order valence-electron chi connectivity index (χ2n) is 5.30. The molecule has 0 N–H and O–H groups in total. The maximum atomic E-state index is 5.54. The predicted molar refractivity (Wildman–Crippen MR) is 82.6 cm³/mol. The minimum atomic E-state index is 0.510. The van der Waals surface area contributed by atoms with Gasteiger partial charge in [-0.15, -0.1) is 0 Å². The van der Waals surface area contributed by atoms with Crippen LogP contribution in [0, 0.1) is 0 Å². The summed E-state index contributed by atoms with van der Waals surface area (Å²) in [6, 6.07) is 0. The molecule has 0 aliphatic carbocycles. The van der Waals surface area contributed by atoms with Crippen LogP contribution in [0.25, 0.3) is 0 Å². The summed E-state index contributed by atoms with van der Waals surface area (Å²) in [6.07, 6.45) is 9.69. The molecule has 1 rings (SSSR count). The van der Waals surface area contributed by atoms with Crippen molar-refractivity contribution in [3.63, 3.8) is 0 Å². The molecule has 1 saturated heterocycles. The largest absolute Gasteiger partial charge is 0.381 e. The van der Waals surface area contributed by atoms with Crippen molar-refractivity contribution in [2.24, 2.45) is 0 Å². The average molecular weight is 273 g/mol. The first kappa shape index (κ1) is 16.3. The number of unbranched alkanes of at least 4 members (excludes halogenated alkanes) is 3. The van der Waals surface area contributed by atoms with E-state index < -0.39 is 0 Å². The Balaban J connectivity index is 1.93. The van der Waals surface area contributed by atoms with Crippen molar-refractivity contribution in [2.45, 2.75) is 58.0 Å². The van der Waals surface area contributed by atoms with E-state index in [1.807, 2.05) is 7.11 Å². The molecule has 0 spiro atoms. The smallest absolute Gasteiger partial charge is 0.0571 e. The molecule has 0 aromatic carbocycles. The molecular weight excluding hydrogens is 242 g/mol. The monoisotopic (exact) mass is 273 g/mol. The summed E-state index contributed by atoms with van der Waals surface area (Å²) in [6.45, 7) is 6.18. The SMILES string of the molecule is CCCC[C@@H](CCCCCN1CCSCC1)OC. The zero-order valence-corrected chi connectivity index (χ0v) is 13.1. The van der Waals surface area contributed by atoms with Crippen molar-refractivity contribution in [3.8, 4) is 0 Å². The lowest BCUT2D eigenvalue weighted by Crippen LogP contribution is -2.33. The minimum absolute atomic E-state index is 0.510. The summed E-state index contributed by atoms with van der Waals surface area (Å²) in [4.78, 5) is 2.63. The maximum absolute atomic E-state index is 5.54. The van der Waals surface area contributed by atoms with Crippen molar-refractivity contribution < 1.29 is 4.74 Å². The van der Waals surface area contributed by atoms with Gasteiger partial charge in [0.15, 0.2) is 0 Å². The molecule has 0 aromatic rings. The van der Waals surface area contributed by atoms with Crippen molar-refractivity contribution in [3.05, 3.63) is 0 Å². The van der Waals surface area contributed by atoms with Gasteiger partial charge < -0.3 is 9.64 Å². The molecule has 0 aromatic heterocycles. The van der Waals surface area contributed by atoms with Crippen LogP contribution in [0.3, 0.4) is 0 Å². The lowest BCUT2D eigenvalue weighted by Gasteiger charge is -2.26. The fourth-order valence-corrected chi connectivity index (χ4v) is 3.50. The van der Waals surface area contributed by atoms with Gasteiger partial charge in [0, 0.05) is 31.7 Å². The highest BCUT2D eigenvalue weighted by atomic mass is 32.2. The topological polar surface area (TPSA) is 12.5 Å². The van der Waals surface area contributed by atoms with Gasteiger partial charge in [-0.2, -0.15) is 11.8 Å². The van der Waals surface area contributed by atoms with E-state index in [0.717, 1.165) is 0 Å². The van der Waals surface area contributed by atoms with E-state index in [9.17, 15) is 0 Å². The summed E-state index contributed by atoms with van der Waals surface area (Å²) in [7, 11) is 1.87. The zero-order chi connectivity index (χ0) is 13.1. The predicted octanol–water partition coefficient (Wildman–Crippen LogP) is 3.80. The third-order valence-electron chi connectivity index (χ3n) is 3.82. The van der Waals surface area contributed by atoms with Crippen LogP contribution in [-0.2, 0) is 4.74 Å². The van der Waals surface area contributed by atoms with Crippen molar-refractivity contribution >= 4 is 11.8 Å². The molecule has 108 valence electrons. The molecule has 0 amide bonds. The third-order valence-corrected chi connectivity index (χ3v) is 4.76. The summed E-state index contributed by atoms with van der Waals surface area (Å²) in [5.74, 6) is 2.67. The average Bonchev–Trinajstić information content (AvgIpc) is 2.43. The Morgan fingerprint density at radius 3 is 2.44 bits per heavy atom. The summed E-state index contributed by atoms with van der Waals surface area (Å²) in [5, 5.41) is 0. The summed E-state index contributed by atoms with van der Waals surface area (Å²) >= 11 is 2.10. The molecular formula is C15H31NOS. The Labute approximate surface area is 118 Å². The lowest BCUT2D eigenvalue weighted by atomic mass is 10.1. The molecule has 0 unspecified atom stereocenters. The van der Waals surface area contributed by atoms with E-state index >= 15 is 0 Å². The van der Waals surface area contributed by atoms with Crippen LogP contribution < -0.4 is 0 Å². The summed E-state index contributed by atoms with van der Waals surface area (Å²) in [5.41, 5.74) is 0. The second-order valence-corrected chi connectivity index (χ2v) is 6.53. The minimum Gasteiger partial charge on any atom is -0.381 e. The highest BCUT2D eigenvalue weighted by Crippen LogP contribution is 2.14. The molecule has 1 atom stereocenters. The molecule has 1 heterocycles. The Morgan fingerprint density at radius 1 is 1.06 bits per heavy atom. The number of hydrogen-bond donors (Lipinski definition) is 0. The molecule has 1 fully saturated rings. The van der Waals surface area contributed by atoms with Gasteiger partial charge in [0.2, 0.25) is 0 Å². The molecule has 1 aliphatic heterocycles. The van der Waals surface area contributed by atoms with Crippen LogP contribution in [0.5, 0.6) is 0 Å². The quantitative estimate of drug-likeness (QED) is 0.562. The van der Waals surface area contributed by atoms with Crippen LogP contribution in [-0.4, -0.2) is 49.3 Å². The van der Waals surface area contributed by atoms with E-state index in [4.69, 9.17) is 4.74 Å². The van der Waals surface area contributed by atoms with Gasteiger partial charge in [0.1, 0.15) is 0 Å². The van der Waals surface area contributed by atoms with E-state index in [1.165, 1.54) is 76.1 Å². The van der Waals surface area contributed by atoms with Gasteiger partial charge in [-0.05, 0) is 25.8 Å². The van der Waals surface area contributed by atoms with E-state index in [1.54, 1.807) is 0 Å². The zero-order valence-electron chi connectivity index (χ0n) is 12.3. The highest BCUT2D eigenvalue weighted by Gasteiger charge is 2.10. The number of ether oxygens (including phenoxy) is 1. The Hall–Kier alpha value is 0.270. The first-order valence-corrected chi connectivity index (χ1v) is 8.85. The van der Waals surface area contributed by atoms with Gasteiger partial charge >= 0.3 is 0 Å². The number of thioether (sulfide) groups is 1. The van der Waals surface area contributed by atoms with Gasteiger partial charge in [0.25, 0.3) is 0 Å². The normalized spacial score (nSPS) is 19.0. The van der Waals surface area contributed by atoms with Gasteiger partial charge in [-0.3, -0.25) is 0 Å². The number of hydrogen-bond acceptors (Lipinski definition) is 3. The van der Waals surface area contributed by atoms with Gasteiger partial charge in [-0.25, -0.2) is 0 Å². The molecule has 18 heavy (non-hydrogen) atoms. The Kier molecular flexibility index (Phi) is 10.1. The van der Waals surface area contributed by atoms with Gasteiger partial charge in [0.05, 0.1) is 6.10 Å². The third kappa shape index (κ3) is 7.65. The molecule has 0 bridgehead atoms. The van der Waals surface area contributed by atoms with E-state index in [-0.39, 0.29) is 0 Å². The first-order valence-electron chi connectivity index (χ1n) is 7.69. The fraction of sp³-hybridized carbons (Fsp3) is 1.00. The second kappa shape index (κ2) is 11.1. The fourth-order valence-electron chi connectivity index (χ4n) is 2.52. The molecule has 1 aliphatic rings. The highest BCUT2D eigenvalue weighted by molar-refractivity contribution is 7.99. The summed E-state index contributed by atoms with van der Waals surface area (Å²) < 4.78 is 5.54. The molecule has 0 saturated carbocycles. The Bertz CT molecular complexity index is 183. The van der Waals surface area contributed by atoms with Crippen LogP contribution in [0.1, 0.15) is 51.9 Å². The molecule has 0 radical (unpaired) electrons. The van der Waals surface area contributed by atoms with Crippen molar-refractivity contribution in [2.75, 3.05) is 38.2 Å². The maximum Gasteiger partial charge on any atom is 0.0571 e. The first-order chi connectivity index (χ1) is 8.86. The molecule has 2 nitrogen and oxygen atoms in total. The number of rotatable bonds is 10. The standard InChI is InChI=1S/C15H31NOS/c1-3-4-8-15(17-2)9-6-5-7-10-16-11-13-18-14-12-16/h15H,3-14H2,1-2H3/t15-/m0/s1. The van der Waals surface area contributed by atoms with Crippen molar-refractivity contribution in [1.29, 1.82) is 0 Å². The lowest BCUT2D eigenvalue weighted by molar-refractivity contribution is 0.0834. The molecule has 3 heteroatoms. The van der Waals surface area contributed by atoms with E-state index in [0.29, 0.717) is 6.10 Å². The number of nitrogens with zero attached hydrogens (tertiary/aromatic N) is 1. The van der Waals surface area contributed by atoms with Crippen LogP contribution in [0.15, 0.2) is 0 Å².